The van der Waals surface area contributed by atoms with E-state index in [1.54, 1.807) is 12.1 Å². The molecule has 0 atom stereocenters. The van der Waals surface area contributed by atoms with Crippen molar-refractivity contribution in [2.45, 2.75) is 50.7 Å². The van der Waals surface area contributed by atoms with Gasteiger partial charge in [-0.15, -0.1) is 6.58 Å². The van der Waals surface area contributed by atoms with Gasteiger partial charge < -0.3 is 15.4 Å². The van der Waals surface area contributed by atoms with Crippen molar-refractivity contribution in [3.05, 3.63) is 42.7 Å². The van der Waals surface area contributed by atoms with Gasteiger partial charge in [-0.3, -0.25) is 4.55 Å². The minimum atomic E-state index is -4.08. The molecule has 1 aromatic carbocycles. The van der Waals surface area contributed by atoms with E-state index in [2.05, 4.69) is 18.5 Å². The third-order valence-corrected chi connectivity index (χ3v) is 6.13. The van der Waals surface area contributed by atoms with Crippen LogP contribution in [0.4, 0.5) is 10.1 Å². The maximum absolute atomic E-state index is 12.1. The van der Waals surface area contributed by atoms with Crippen LogP contribution in [0, 0.1) is 5.82 Å². The second-order valence-corrected chi connectivity index (χ2v) is 9.08. The zero-order valence-electron chi connectivity index (χ0n) is 18.0. The molecule has 0 aliphatic heterocycles. The molecule has 1 aliphatic rings. The van der Waals surface area contributed by atoms with Crippen molar-refractivity contribution >= 4 is 16.0 Å². The molecular weight excluding hydrogens is 409 g/mol. The van der Waals surface area contributed by atoms with Gasteiger partial charge in [-0.25, -0.2) is 4.39 Å². The molecule has 0 unspecified atom stereocenters. The van der Waals surface area contributed by atoms with Crippen LogP contribution < -0.4 is 5.73 Å². The van der Waals surface area contributed by atoms with Gasteiger partial charge in [0, 0.05) is 31.9 Å². The van der Waals surface area contributed by atoms with Gasteiger partial charge >= 0.3 is 10.3 Å². The van der Waals surface area contributed by atoms with Crippen molar-refractivity contribution in [3.63, 3.8) is 0 Å². The van der Waals surface area contributed by atoms with E-state index in [4.69, 9.17) is 15.0 Å². The SMILES string of the molecule is C=CCN(C)CCCCOC1CCC(N(C)S(=O)(=O)O)CC1.Nc1cccc(F)c1. The Morgan fingerprint density at radius 2 is 1.93 bits per heavy atom. The first-order chi connectivity index (χ1) is 14.1. The number of benzene rings is 1. The highest BCUT2D eigenvalue weighted by Crippen LogP contribution is 2.25. The summed E-state index contributed by atoms with van der Waals surface area (Å²) in [6, 6.07) is 5.74. The summed E-state index contributed by atoms with van der Waals surface area (Å²) >= 11 is 0. The molecular formula is C21H36FN3O4S. The maximum atomic E-state index is 12.1. The van der Waals surface area contributed by atoms with E-state index in [9.17, 15) is 12.8 Å². The summed E-state index contributed by atoms with van der Waals surface area (Å²) in [6.07, 6.45) is 7.43. The Bertz CT molecular complexity index is 707. The second kappa shape index (κ2) is 13.7. The highest BCUT2D eigenvalue weighted by molar-refractivity contribution is 7.83. The molecule has 1 fully saturated rings. The lowest BCUT2D eigenvalue weighted by atomic mass is 9.93. The fourth-order valence-corrected chi connectivity index (χ4v) is 3.90. The molecule has 0 radical (unpaired) electrons. The van der Waals surface area contributed by atoms with Crippen LogP contribution in [0.25, 0.3) is 0 Å². The molecule has 1 aliphatic carbocycles. The monoisotopic (exact) mass is 445 g/mol. The van der Waals surface area contributed by atoms with E-state index in [-0.39, 0.29) is 18.0 Å². The smallest absolute Gasteiger partial charge is 0.335 e. The van der Waals surface area contributed by atoms with E-state index in [0.717, 1.165) is 62.5 Å². The van der Waals surface area contributed by atoms with E-state index in [1.165, 1.54) is 19.2 Å². The lowest BCUT2D eigenvalue weighted by molar-refractivity contribution is 0.0147. The molecule has 0 amide bonds. The normalized spacial score (nSPS) is 19.4. The minimum Gasteiger partial charge on any atom is -0.399 e. The summed E-state index contributed by atoms with van der Waals surface area (Å²) in [6.45, 7) is 6.42. The summed E-state index contributed by atoms with van der Waals surface area (Å²) in [5.74, 6) is -0.287. The van der Waals surface area contributed by atoms with Crippen molar-refractivity contribution in [2.24, 2.45) is 0 Å². The van der Waals surface area contributed by atoms with Crippen LogP contribution in [0.5, 0.6) is 0 Å². The molecule has 7 nitrogen and oxygen atoms in total. The Hall–Kier alpha value is -1.52. The van der Waals surface area contributed by atoms with Gasteiger partial charge in [-0.1, -0.05) is 12.1 Å². The number of rotatable bonds is 10. The molecule has 0 spiro atoms. The van der Waals surface area contributed by atoms with E-state index >= 15 is 0 Å². The van der Waals surface area contributed by atoms with Gasteiger partial charge in [0.15, 0.2) is 0 Å². The number of hydrogen-bond acceptors (Lipinski definition) is 5. The Morgan fingerprint density at radius 3 is 2.43 bits per heavy atom. The van der Waals surface area contributed by atoms with Crippen LogP contribution in [0.1, 0.15) is 38.5 Å². The van der Waals surface area contributed by atoms with Crippen molar-refractivity contribution in [2.75, 3.05) is 39.5 Å². The van der Waals surface area contributed by atoms with Crippen LogP contribution in [-0.2, 0) is 15.0 Å². The average Bonchev–Trinajstić information content (AvgIpc) is 2.67. The molecule has 0 heterocycles. The number of hydrogen-bond donors (Lipinski definition) is 2. The fraction of sp³-hybridized carbons (Fsp3) is 0.619. The van der Waals surface area contributed by atoms with Gasteiger partial charge in [0.05, 0.1) is 6.10 Å². The Morgan fingerprint density at radius 1 is 1.27 bits per heavy atom. The predicted octanol–water partition coefficient (Wildman–Crippen LogP) is 3.35. The molecule has 9 heteroatoms. The van der Waals surface area contributed by atoms with Crippen LogP contribution in [-0.4, -0.2) is 68.1 Å². The van der Waals surface area contributed by atoms with Crippen molar-refractivity contribution in [1.29, 1.82) is 0 Å². The molecule has 1 saturated carbocycles. The number of ether oxygens (including phenoxy) is 1. The molecule has 172 valence electrons. The van der Waals surface area contributed by atoms with Gasteiger partial charge in [0.1, 0.15) is 5.82 Å². The number of likely N-dealkylation sites (N-methyl/N-ethyl adjacent to an activating group) is 1. The molecule has 2 rings (SSSR count). The lowest BCUT2D eigenvalue weighted by Crippen LogP contribution is -2.40. The number of nitrogen functional groups attached to an aromatic ring is 1. The Labute approximate surface area is 180 Å². The first-order valence-corrected chi connectivity index (χ1v) is 11.7. The van der Waals surface area contributed by atoms with Crippen LogP contribution in [0.15, 0.2) is 36.9 Å². The predicted molar refractivity (Wildman–Crippen MR) is 119 cm³/mol. The summed E-state index contributed by atoms with van der Waals surface area (Å²) in [5, 5.41) is 0. The summed E-state index contributed by atoms with van der Waals surface area (Å²) in [4.78, 5) is 2.23. The summed E-state index contributed by atoms with van der Waals surface area (Å²) in [7, 11) is -0.566. The summed E-state index contributed by atoms with van der Waals surface area (Å²) < 4.78 is 50.3. The van der Waals surface area contributed by atoms with Crippen molar-refractivity contribution in [3.8, 4) is 0 Å². The average molecular weight is 446 g/mol. The fourth-order valence-electron chi connectivity index (χ4n) is 3.32. The second-order valence-electron chi connectivity index (χ2n) is 7.61. The number of anilines is 1. The van der Waals surface area contributed by atoms with Crippen molar-refractivity contribution in [1.82, 2.24) is 9.21 Å². The van der Waals surface area contributed by atoms with Gasteiger partial charge in [-0.05, 0) is 70.3 Å². The van der Waals surface area contributed by atoms with Gasteiger partial charge in [-0.2, -0.15) is 12.7 Å². The zero-order valence-corrected chi connectivity index (χ0v) is 18.9. The van der Waals surface area contributed by atoms with E-state index in [1.807, 2.05) is 6.08 Å². The third kappa shape index (κ3) is 11.0. The zero-order chi connectivity index (χ0) is 22.6. The van der Waals surface area contributed by atoms with Crippen molar-refractivity contribution < 1.29 is 22.1 Å². The van der Waals surface area contributed by atoms with Gasteiger partial charge in [0.2, 0.25) is 0 Å². The largest absolute Gasteiger partial charge is 0.399 e. The number of halogens is 1. The molecule has 0 bridgehead atoms. The molecule has 0 aromatic heterocycles. The molecule has 30 heavy (non-hydrogen) atoms. The molecule has 1 aromatic rings. The lowest BCUT2D eigenvalue weighted by Gasteiger charge is -2.32. The summed E-state index contributed by atoms with van der Waals surface area (Å²) in [5.41, 5.74) is 5.68. The number of unbranched alkanes of at least 4 members (excludes halogenated alkanes) is 1. The topological polar surface area (TPSA) is 96.1 Å². The first-order valence-electron chi connectivity index (χ1n) is 10.3. The standard InChI is InChI=1S/C15H30N2O4S.C6H6FN/c1-4-11-16(2)12-5-6-13-21-15-9-7-14(8-10-15)17(3)22(18,19)20;7-5-2-1-3-6(8)4-5/h4,14-15H,1,5-13H2,2-3H3,(H,18,19,20);1-4H,8H2. The van der Waals surface area contributed by atoms with E-state index in [0.29, 0.717) is 5.69 Å². The van der Waals surface area contributed by atoms with Gasteiger partial charge in [0.25, 0.3) is 0 Å². The highest BCUT2D eigenvalue weighted by atomic mass is 32.2. The number of nitrogens with two attached hydrogens (primary N) is 1. The number of nitrogens with zero attached hydrogens (tertiary/aromatic N) is 2. The molecule has 0 saturated heterocycles. The Balaban J connectivity index is 0.000000467. The van der Waals surface area contributed by atoms with Crippen LogP contribution >= 0.6 is 0 Å². The van der Waals surface area contributed by atoms with Crippen LogP contribution in [0.2, 0.25) is 0 Å². The first kappa shape index (κ1) is 26.5. The van der Waals surface area contributed by atoms with E-state index < -0.39 is 10.3 Å². The third-order valence-electron chi connectivity index (χ3n) is 5.10. The quantitative estimate of drug-likeness (QED) is 0.248. The van der Waals surface area contributed by atoms with Crippen LogP contribution in [0.3, 0.4) is 0 Å². The maximum Gasteiger partial charge on any atom is 0.335 e. The Kier molecular flexibility index (Phi) is 12.1. The molecule has 3 N–H and O–H groups in total. The highest BCUT2D eigenvalue weighted by Gasteiger charge is 2.29. The minimum absolute atomic E-state index is 0.109.